The average Bonchev–Trinajstić information content (AvgIpc) is 3.19. The van der Waals surface area contributed by atoms with Crippen LogP contribution in [0.25, 0.3) is 0 Å². The zero-order valence-electron chi connectivity index (χ0n) is 15.5. The topological polar surface area (TPSA) is 68.0 Å². The molecule has 0 aliphatic carbocycles. The molecule has 0 bridgehead atoms. The molecule has 6 nitrogen and oxygen atoms in total. The molecular weight excluding hydrogens is 425 g/mol. The Morgan fingerprint density at radius 3 is 2.40 bits per heavy atom. The monoisotopic (exact) mass is 439 g/mol. The van der Waals surface area contributed by atoms with Gasteiger partial charge in [-0.15, -0.1) is 0 Å². The molecule has 150 valence electrons. The van der Waals surface area contributed by atoms with Gasteiger partial charge in [-0.3, -0.25) is 10.1 Å². The number of non-ortho nitro benzene ring substituents is 1. The standard InChI is InChI=1S/C22H15Cl2N3O3/c23-15-5-1-13(2-6-15)19-12-20-18-11-16(24)7-10-21(18)30-22(26(20)25-19)14-3-8-17(9-4-14)27(28)29/h1-11,20,22H,12H2/t20-,22+/m0/s1. The Labute approximate surface area is 182 Å². The van der Waals surface area contributed by atoms with Gasteiger partial charge in [0.25, 0.3) is 5.69 Å². The zero-order valence-corrected chi connectivity index (χ0v) is 17.0. The lowest BCUT2D eigenvalue weighted by Gasteiger charge is -2.38. The van der Waals surface area contributed by atoms with E-state index in [0.717, 1.165) is 28.2 Å². The summed E-state index contributed by atoms with van der Waals surface area (Å²) in [6.07, 6.45) is 0.177. The molecule has 0 fully saturated rings. The molecule has 3 aromatic carbocycles. The molecule has 2 heterocycles. The van der Waals surface area contributed by atoms with Crippen LogP contribution >= 0.6 is 23.2 Å². The lowest BCUT2D eigenvalue weighted by atomic mass is 9.96. The predicted molar refractivity (Wildman–Crippen MR) is 115 cm³/mol. The van der Waals surface area contributed by atoms with Crippen molar-refractivity contribution < 1.29 is 9.66 Å². The van der Waals surface area contributed by atoms with Crippen molar-refractivity contribution in [2.75, 3.05) is 0 Å². The Hall–Kier alpha value is -3.09. The van der Waals surface area contributed by atoms with Crippen LogP contribution in [0.2, 0.25) is 10.0 Å². The van der Waals surface area contributed by atoms with Gasteiger partial charge in [0.05, 0.1) is 16.7 Å². The number of hydrogen-bond acceptors (Lipinski definition) is 5. The van der Waals surface area contributed by atoms with Crippen LogP contribution < -0.4 is 4.74 Å². The van der Waals surface area contributed by atoms with E-state index in [2.05, 4.69) is 0 Å². The maximum atomic E-state index is 11.0. The normalized spacial score (nSPS) is 19.5. The molecule has 0 amide bonds. The van der Waals surface area contributed by atoms with Gasteiger partial charge in [0.1, 0.15) is 5.75 Å². The maximum absolute atomic E-state index is 11.0. The first-order valence-electron chi connectivity index (χ1n) is 9.32. The minimum atomic E-state index is -0.505. The quantitative estimate of drug-likeness (QED) is 0.362. The molecule has 0 saturated carbocycles. The molecule has 8 heteroatoms. The van der Waals surface area contributed by atoms with Gasteiger partial charge in [-0.05, 0) is 48.0 Å². The van der Waals surface area contributed by atoms with Gasteiger partial charge in [0, 0.05) is 39.7 Å². The fourth-order valence-electron chi connectivity index (χ4n) is 3.86. The largest absolute Gasteiger partial charge is 0.464 e. The first-order chi connectivity index (χ1) is 14.5. The van der Waals surface area contributed by atoms with Crippen LogP contribution in [0.5, 0.6) is 5.75 Å². The molecule has 0 N–H and O–H groups in total. The van der Waals surface area contributed by atoms with Crippen molar-refractivity contribution in [3.05, 3.63) is 104 Å². The van der Waals surface area contributed by atoms with E-state index in [1.807, 2.05) is 41.4 Å². The highest BCUT2D eigenvalue weighted by molar-refractivity contribution is 6.31. The summed E-state index contributed by atoms with van der Waals surface area (Å²) in [5.74, 6) is 0.733. The van der Waals surface area contributed by atoms with E-state index in [-0.39, 0.29) is 11.7 Å². The molecule has 2 aliphatic heterocycles. The number of nitro benzene ring substituents is 1. The maximum Gasteiger partial charge on any atom is 0.269 e. The van der Waals surface area contributed by atoms with Crippen LogP contribution in [0.4, 0.5) is 5.69 Å². The molecule has 5 rings (SSSR count). The first kappa shape index (κ1) is 18.9. The Balaban J connectivity index is 1.57. The van der Waals surface area contributed by atoms with Gasteiger partial charge in [-0.2, -0.15) is 5.10 Å². The second kappa shape index (κ2) is 7.31. The SMILES string of the molecule is O=[N+]([O-])c1ccc([C@H]2Oc3ccc(Cl)cc3[C@@H]3CC(c4ccc(Cl)cc4)=NN23)cc1. The lowest BCUT2D eigenvalue weighted by molar-refractivity contribution is -0.384. The third kappa shape index (κ3) is 3.28. The smallest absolute Gasteiger partial charge is 0.269 e. The van der Waals surface area contributed by atoms with E-state index in [0.29, 0.717) is 16.5 Å². The predicted octanol–water partition coefficient (Wildman–Crippen LogP) is 6.14. The Morgan fingerprint density at radius 2 is 1.70 bits per heavy atom. The molecule has 0 saturated heterocycles. The summed E-state index contributed by atoms with van der Waals surface area (Å²) in [5.41, 5.74) is 3.69. The highest BCUT2D eigenvalue weighted by Gasteiger charge is 2.41. The van der Waals surface area contributed by atoms with Crippen molar-refractivity contribution in [2.45, 2.75) is 18.7 Å². The summed E-state index contributed by atoms with van der Waals surface area (Å²) in [6.45, 7) is 0. The van der Waals surface area contributed by atoms with E-state index in [1.165, 1.54) is 12.1 Å². The highest BCUT2D eigenvalue weighted by atomic mass is 35.5. The van der Waals surface area contributed by atoms with E-state index in [9.17, 15) is 10.1 Å². The molecule has 30 heavy (non-hydrogen) atoms. The number of nitrogens with zero attached hydrogens (tertiary/aromatic N) is 3. The fourth-order valence-corrected chi connectivity index (χ4v) is 4.16. The number of hydrogen-bond donors (Lipinski definition) is 0. The van der Waals surface area contributed by atoms with Gasteiger partial charge in [0.2, 0.25) is 6.23 Å². The zero-order chi connectivity index (χ0) is 20.8. The fraction of sp³-hybridized carbons (Fsp3) is 0.136. The minimum absolute atomic E-state index is 0.0325. The van der Waals surface area contributed by atoms with E-state index in [4.69, 9.17) is 33.0 Å². The van der Waals surface area contributed by atoms with Crippen molar-refractivity contribution in [3.63, 3.8) is 0 Å². The Kier molecular flexibility index (Phi) is 4.60. The third-order valence-electron chi connectivity index (χ3n) is 5.32. The van der Waals surface area contributed by atoms with E-state index < -0.39 is 11.2 Å². The number of benzene rings is 3. The number of halogens is 2. The second-order valence-corrected chi connectivity index (χ2v) is 8.03. The molecule has 0 radical (unpaired) electrons. The van der Waals surface area contributed by atoms with Crippen LogP contribution in [0.3, 0.4) is 0 Å². The molecule has 2 aliphatic rings. The number of ether oxygens (including phenoxy) is 1. The highest BCUT2D eigenvalue weighted by Crippen LogP contribution is 2.48. The number of rotatable bonds is 3. The second-order valence-electron chi connectivity index (χ2n) is 7.15. The molecule has 2 atom stereocenters. The van der Waals surface area contributed by atoms with Crippen LogP contribution in [-0.4, -0.2) is 15.6 Å². The molecule has 0 aromatic heterocycles. The van der Waals surface area contributed by atoms with Crippen LogP contribution in [0.15, 0.2) is 71.8 Å². The molecule has 0 spiro atoms. The van der Waals surface area contributed by atoms with Gasteiger partial charge < -0.3 is 4.74 Å². The van der Waals surface area contributed by atoms with Crippen LogP contribution in [0, 0.1) is 10.1 Å². The van der Waals surface area contributed by atoms with Crippen LogP contribution in [0.1, 0.15) is 35.4 Å². The summed E-state index contributed by atoms with van der Waals surface area (Å²) in [7, 11) is 0. The molecule has 0 unspecified atom stereocenters. The van der Waals surface area contributed by atoms with Crippen molar-refractivity contribution in [3.8, 4) is 5.75 Å². The van der Waals surface area contributed by atoms with Gasteiger partial charge in [-0.25, -0.2) is 5.01 Å². The summed E-state index contributed by atoms with van der Waals surface area (Å²) < 4.78 is 6.26. The number of fused-ring (bicyclic) bond motifs is 3. The number of hydrazone groups is 1. The summed E-state index contributed by atoms with van der Waals surface area (Å²) >= 11 is 12.3. The first-order valence-corrected chi connectivity index (χ1v) is 10.1. The Morgan fingerprint density at radius 1 is 1.00 bits per heavy atom. The molecule has 3 aromatic rings. The number of nitro groups is 1. The van der Waals surface area contributed by atoms with E-state index >= 15 is 0 Å². The summed E-state index contributed by atoms with van der Waals surface area (Å²) in [5, 5.41) is 19.1. The van der Waals surface area contributed by atoms with Gasteiger partial charge >= 0.3 is 0 Å². The van der Waals surface area contributed by atoms with Crippen molar-refractivity contribution >= 4 is 34.6 Å². The van der Waals surface area contributed by atoms with Crippen LogP contribution in [-0.2, 0) is 0 Å². The summed E-state index contributed by atoms with van der Waals surface area (Å²) in [6, 6.07) is 19.4. The van der Waals surface area contributed by atoms with Crippen molar-refractivity contribution in [2.24, 2.45) is 5.10 Å². The summed E-state index contributed by atoms with van der Waals surface area (Å²) in [4.78, 5) is 10.6. The average molecular weight is 440 g/mol. The minimum Gasteiger partial charge on any atom is -0.464 e. The molecular formula is C22H15Cl2N3O3. The van der Waals surface area contributed by atoms with Crippen molar-refractivity contribution in [1.29, 1.82) is 0 Å². The van der Waals surface area contributed by atoms with E-state index in [1.54, 1.807) is 18.2 Å². The van der Waals surface area contributed by atoms with Crippen molar-refractivity contribution in [1.82, 2.24) is 5.01 Å². The lowest BCUT2D eigenvalue weighted by Crippen LogP contribution is -2.33. The van der Waals surface area contributed by atoms with Gasteiger partial charge in [0.15, 0.2) is 0 Å². The Bertz CT molecular complexity index is 1160. The third-order valence-corrected chi connectivity index (χ3v) is 5.81. The van der Waals surface area contributed by atoms with Gasteiger partial charge in [-0.1, -0.05) is 35.3 Å².